The van der Waals surface area contributed by atoms with Crippen LogP contribution in [-0.4, -0.2) is 18.1 Å². The first-order valence-electron chi connectivity index (χ1n) is 8.79. The number of halogens is 1. The van der Waals surface area contributed by atoms with Crippen molar-refractivity contribution >= 4 is 23.6 Å². The highest BCUT2D eigenvalue weighted by Gasteiger charge is 2.33. The van der Waals surface area contributed by atoms with Crippen molar-refractivity contribution in [3.63, 3.8) is 0 Å². The van der Waals surface area contributed by atoms with Gasteiger partial charge in [0.25, 0.3) is 0 Å². The summed E-state index contributed by atoms with van der Waals surface area (Å²) in [4.78, 5) is 24.7. The van der Waals surface area contributed by atoms with E-state index in [2.05, 4.69) is 10.6 Å². The number of carbonyl (C=O) groups excluding carboxylic acids is 2. The molecule has 0 aromatic heterocycles. The van der Waals surface area contributed by atoms with Gasteiger partial charge in [-0.15, -0.1) is 0 Å². The van der Waals surface area contributed by atoms with Crippen molar-refractivity contribution in [2.24, 2.45) is 0 Å². The normalized spacial score (nSPS) is 22.0. The van der Waals surface area contributed by atoms with Crippen LogP contribution in [0, 0.1) is 0 Å². The Morgan fingerprint density at radius 1 is 1.12 bits per heavy atom. The molecule has 1 aliphatic heterocycles. The van der Waals surface area contributed by atoms with Crippen molar-refractivity contribution in [2.45, 2.75) is 57.6 Å². The average Bonchev–Trinajstić information content (AvgIpc) is 2.83. The van der Waals surface area contributed by atoms with Crippen molar-refractivity contribution in [3.8, 4) is 0 Å². The summed E-state index contributed by atoms with van der Waals surface area (Å²) in [6, 6.07) is 6.24. The number of benzene rings is 1. The van der Waals surface area contributed by atoms with Gasteiger partial charge >= 0.3 is 12.0 Å². The maximum absolute atomic E-state index is 12.8. The second-order valence-electron chi connectivity index (χ2n) is 6.64. The molecule has 134 valence electrons. The van der Waals surface area contributed by atoms with Gasteiger partial charge in [0.1, 0.15) is 6.10 Å². The minimum atomic E-state index is -0.538. The summed E-state index contributed by atoms with van der Waals surface area (Å²) in [7, 11) is 0. The van der Waals surface area contributed by atoms with Gasteiger partial charge in [0.15, 0.2) is 0 Å². The number of ether oxygens (including phenoxy) is 1. The summed E-state index contributed by atoms with van der Waals surface area (Å²) in [5, 5.41) is 6.09. The highest BCUT2D eigenvalue weighted by molar-refractivity contribution is 6.30. The van der Waals surface area contributed by atoms with Crippen molar-refractivity contribution in [2.75, 3.05) is 0 Å². The molecule has 2 amide bonds. The molecular formula is C19H23ClN2O3. The third-order valence-corrected chi connectivity index (χ3v) is 5.02. The molecule has 1 fully saturated rings. The predicted octanol–water partition coefficient (Wildman–Crippen LogP) is 4.23. The molecule has 3 rings (SSSR count). The number of rotatable bonds is 3. The molecule has 0 radical (unpaired) electrons. The van der Waals surface area contributed by atoms with E-state index in [0.29, 0.717) is 16.3 Å². The molecule has 6 heteroatoms. The third-order valence-electron chi connectivity index (χ3n) is 4.77. The fraction of sp³-hybridized carbons (Fsp3) is 0.474. The van der Waals surface area contributed by atoms with E-state index in [0.717, 1.165) is 31.2 Å². The van der Waals surface area contributed by atoms with Crippen LogP contribution in [0.1, 0.15) is 57.1 Å². The first-order valence-corrected chi connectivity index (χ1v) is 9.17. The fourth-order valence-corrected chi connectivity index (χ4v) is 3.57. The lowest BCUT2D eigenvalue weighted by Gasteiger charge is -2.29. The summed E-state index contributed by atoms with van der Waals surface area (Å²) in [5.74, 6) is -0.364. The van der Waals surface area contributed by atoms with Crippen molar-refractivity contribution in [1.29, 1.82) is 0 Å². The zero-order valence-electron chi connectivity index (χ0n) is 14.3. The van der Waals surface area contributed by atoms with E-state index in [1.807, 2.05) is 12.1 Å². The van der Waals surface area contributed by atoms with E-state index in [-0.39, 0.29) is 18.1 Å². The SMILES string of the molecule is CC1=C(C(=O)OC2CCCCCC2)C(c2ccc(Cl)cc2)NC(=O)N1. The van der Waals surface area contributed by atoms with Gasteiger partial charge in [-0.05, 0) is 50.3 Å². The van der Waals surface area contributed by atoms with E-state index in [1.165, 1.54) is 12.8 Å². The molecule has 5 nitrogen and oxygen atoms in total. The summed E-state index contributed by atoms with van der Waals surface area (Å²) in [5.41, 5.74) is 1.78. The molecule has 2 aliphatic rings. The van der Waals surface area contributed by atoms with Crippen LogP contribution in [0.25, 0.3) is 0 Å². The van der Waals surface area contributed by atoms with E-state index in [1.54, 1.807) is 19.1 Å². The molecule has 1 atom stereocenters. The zero-order valence-corrected chi connectivity index (χ0v) is 15.1. The Morgan fingerprint density at radius 2 is 1.76 bits per heavy atom. The molecule has 2 N–H and O–H groups in total. The number of urea groups is 1. The van der Waals surface area contributed by atoms with Crippen molar-refractivity contribution in [1.82, 2.24) is 10.6 Å². The standard InChI is InChI=1S/C19H23ClN2O3/c1-12-16(18(23)25-15-6-4-2-3-5-7-15)17(22-19(24)21-12)13-8-10-14(20)11-9-13/h8-11,15,17H,2-7H2,1H3,(H2,21,22,24). The van der Waals surface area contributed by atoms with Crippen LogP contribution >= 0.6 is 11.6 Å². The Bertz CT molecular complexity index is 676. The van der Waals surface area contributed by atoms with Crippen LogP contribution in [-0.2, 0) is 9.53 Å². The molecule has 1 aliphatic carbocycles. The van der Waals surface area contributed by atoms with Crippen molar-refractivity contribution < 1.29 is 14.3 Å². The van der Waals surface area contributed by atoms with Crippen LogP contribution in [0.4, 0.5) is 4.79 Å². The lowest BCUT2D eigenvalue weighted by molar-refractivity contribution is -0.145. The third kappa shape index (κ3) is 4.34. The van der Waals surface area contributed by atoms with Gasteiger partial charge in [0.2, 0.25) is 0 Å². The summed E-state index contributed by atoms with van der Waals surface area (Å²) in [6.45, 7) is 1.73. The minimum absolute atomic E-state index is 0.0428. The lowest BCUT2D eigenvalue weighted by atomic mass is 9.95. The van der Waals surface area contributed by atoms with Gasteiger partial charge in [-0.25, -0.2) is 9.59 Å². The molecule has 1 unspecified atom stereocenters. The van der Waals surface area contributed by atoms with E-state index < -0.39 is 6.04 Å². The topological polar surface area (TPSA) is 67.4 Å². The highest BCUT2D eigenvalue weighted by atomic mass is 35.5. The maximum Gasteiger partial charge on any atom is 0.338 e. The number of amides is 2. The minimum Gasteiger partial charge on any atom is -0.459 e. The number of hydrogen-bond donors (Lipinski definition) is 2. The second kappa shape index (κ2) is 7.91. The van der Waals surface area contributed by atoms with E-state index >= 15 is 0 Å². The van der Waals surface area contributed by atoms with Gasteiger partial charge < -0.3 is 15.4 Å². The highest BCUT2D eigenvalue weighted by Crippen LogP contribution is 2.30. The first kappa shape index (κ1) is 17.8. The van der Waals surface area contributed by atoms with Gasteiger partial charge in [0, 0.05) is 10.7 Å². The Balaban J connectivity index is 1.83. The Morgan fingerprint density at radius 3 is 2.40 bits per heavy atom. The molecule has 1 aromatic rings. The molecule has 1 aromatic carbocycles. The van der Waals surface area contributed by atoms with Gasteiger partial charge in [-0.1, -0.05) is 36.6 Å². The fourth-order valence-electron chi connectivity index (χ4n) is 3.44. The number of hydrogen-bond acceptors (Lipinski definition) is 3. The van der Waals surface area contributed by atoms with E-state index in [9.17, 15) is 9.59 Å². The number of allylic oxidation sites excluding steroid dienone is 1. The van der Waals surface area contributed by atoms with Gasteiger partial charge in [-0.3, -0.25) is 0 Å². The summed E-state index contributed by atoms with van der Waals surface area (Å²) in [6.07, 6.45) is 6.34. The second-order valence-corrected chi connectivity index (χ2v) is 7.08. The zero-order chi connectivity index (χ0) is 17.8. The number of nitrogens with one attached hydrogen (secondary N) is 2. The molecule has 0 saturated heterocycles. The molecular weight excluding hydrogens is 340 g/mol. The van der Waals surface area contributed by atoms with Gasteiger partial charge in [0.05, 0.1) is 11.6 Å². The quantitative estimate of drug-likeness (QED) is 0.624. The van der Waals surface area contributed by atoms with Gasteiger partial charge in [-0.2, -0.15) is 0 Å². The van der Waals surface area contributed by atoms with Crippen LogP contribution < -0.4 is 10.6 Å². The Labute approximate surface area is 152 Å². The lowest BCUT2D eigenvalue weighted by Crippen LogP contribution is -2.45. The summed E-state index contributed by atoms with van der Waals surface area (Å²) < 4.78 is 5.78. The van der Waals surface area contributed by atoms with Crippen LogP contribution in [0.2, 0.25) is 5.02 Å². The smallest absolute Gasteiger partial charge is 0.338 e. The molecule has 1 saturated carbocycles. The molecule has 0 spiro atoms. The molecule has 25 heavy (non-hydrogen) atoms. The Hall–Kier alpha value is -2.01. The van der Waals surface area contributed by atoms with Crippen LogP contribution in [0.5, 0.6) is 0 Å². The monoisotopic (exact) mass is 362 g/mol. The average molecular weight is 363 g/mol. The largest absolute Gasteiger partial charge is 0.459 e. The van der Waals surface area contributed by atoms with Crippen LogP contribution in [0.15, 0.2) is 35.5 Å². The maximum atomic E-state index is 12.8. The Kier molecular flexibility index (Phi) is 5.63. The number of carbonyl (C=O) groups is 2. The van der Waals surface area contributed by atoms with Crippen LogP contribution in [0.3, 0.4) is 0 Å². The predicted molar refractivity (Wildman–Crippen MR) is 96.1 cm³/mol. The molecule has 1 heterocycles. The van der Waals surface area contributed by atoms with E-state index in [4.69, 9.17) is 16.3 Å². The number of esters is 1. The first-order chi connectivity index (χ1) is 12.0. The van der Waals surface area contributed by atoms with Crippen molar-refractivity contribution in [3.05, 3.63) is 46.1 Å². The molecule has 0 bridgehead atoms. The summed E-state index contributed by atoms with van der Waals surface area (Å²) >= 11 is 5.95.